The van der Waals surface area contributed by atoms with Gasteiger partial charge in [0.25, 0.3) is 0 Å². The van der Waals surface area contributed by atoms with Crippen molar-refractivity contribution in [3.63, 3.8) is 0 Å². The number of rotatable bonds is 7. The Labute approximate surface area is 147 Å². The lowest BCUT2D eigenvalue weighted by molar-refractivity contribution is 0.0389. The van der Waals surface area contributed by atoms with Crippen LogP contribution in [0, 0.1) is 0 Å². The number of nitrogens with one attached hydrogen (secondary N) is 2. The smallest absolute Gasteiger partial charge is 0.187 e. The maximum absolute atomic E-state index is 5.32. The van der Waals surface area contributed by atoms with Crippen molar-refractivity contribution in [3.05, 3.63) is 23.8 Å². The molecule has 0 saturated carbocycles. The van der Waals surface area contributed by atoms with Crippen molar-refractivity contribution in [2.45, 2.75) is 0 Å². The maximum atomic E-state index is 5.32. The van der Waals surface area contributed by atoms with E-state index >= 15 is 0 Å². The molecule has 0 amide bonds. The molecule has 1 aliphatic heterocycles. The summed E-state index contributed by atoms with van der Waals surface area (Å²) >= 11 is 5.21. The standard InChI is InChI=1S/C16H24N4O3S/c1-21-14-3-4-15(22-2)13(11-14)12-18-19-16(24)17-5-6-20-7-9-23-10-8-20/h3-4,11-12H,5-10H2,1-2H3,(H2,17,19,24)/b18-12+. The van der Waals surface area contributed by atoms with Crippen LogP contribution < -0.4 is 20.2 Å². The quantitative estimate of drug-likeness (QED) is 0.428. The van der Waals surface area contributed by atoms with Gasteiger partial charge in [0.1, 0.15) is 11.5 Å². The third-order valence-corrected chi connectivity index (χ3v) is 3.86. The largest absolute Gasteiger partial charge is 0.497 e. The second-order valence-electron chi connectivity index (χ2n) is 5.19. The van der Waals surface area contributed by atoms with Gasteiger partial charge in [0, 0.05) is 31.7 Å². The Balaban J connectivity index is 1.75. The van der Waals surface area contributed by atoms with Gasteiger partial charge in [-0.15, -0.1) is 0 Å². The molecule has 1 aromatic carbocycles. The fourth-order valence-corrected chi connectivity index (χ4v) is 2.45. The number of methoxy groups -OCH3 is 2. The van der Waals surface area contributed by atoms with E-state index in [2.05, 4.69) is 20.7 Å². The number of hydrogen-bond donors (Lipinski definition) is 2. The monoisotopic (exact) mass is 352 g/mol. The molecule has 132 valence electrons. The van der Waals surface area contributed by atoms with Gasteiger partial charge in [-0.3, -0.25) is 10.3 Å². The minimum absolute atomic E-state index is 0.487. The fraction of sp³-hybridized carbons (Fsp3) is 0.500. The van der Waals surface area contributed by atoms with Gasteiger partial charge >= 0.3 is 0 Å². The Morgan fingerprint density at radius 3 is 2.83 bits per heavy atom. The summed E-state index contributed by atoms with van der Waals surface area (Å²) in [7, 11) is 3.24. The van der Waals surface area contributed by atoms with Crippen molar-refractivity contribution >= 4 is 23.5 Å². The van der Waals surface area contributed by atoms with Crippen LogP contribution in [-0.2, 0) is 4.74 Å². The first-order valence-electron chi connectivity index (χ1n) is 7.82. The van der Waals surface area contributed by atoms with Crippen LogP contribution in [-0.4, -0.2) is 69.8 Å². The molecule has 1 aliphatic rings. The lowest BCUT2D eigenvalue weighted by Gasteiger charge is -2.26. The first-order valence-corrected chi connectivity index (χ1v) is 8.23. The van der Waals surface area contributed by atoms with Crippen LogP contribution in [0.3, 0.4) is 0 Å². The molecule has 8 heteroatoms. The van der Waals surface area contributed by atoms with Crippen LogP contribution in [0.15, 0.2) is 23.3 Å². The number of hydrogen-bond acceptors (Lipinski definition) is 6. The zero-order valence-corrected chi connectivity index (χ0v) is 14.9. The van der Waals surface area contributed by atoms with Gasteiger partial charge in [0.2, 0.25) is 0 Å². The fourth-order valence-electron chi connectivity index (χ4n) is 2.29. The molecular weight excluding hydrogens is 328 g/mol. The van der Waals surface area contributed by atoms with E-state index in [1.165, 1.54) is 0 Å². The second-order valence-corrected chi connectivity index (χ2v) is 5.60. The molecule has 0 radical (unpaired) electrons. The number of benzene rings is 1. The normalized spacial score (nSPS) is 15.2. The molecule has 2 rings (SSSR count). The van der Waals surface area contributed by atoms with Gasteiger partial charge in [-0.1, -0.05) is 0 Å². The van der Waals surface area contributed by atoms with E-state index in [0.717, 1.165) is 50.7 Å². The number of ether oxygens (including phenoxy) is 3. The van der Waals surface area contributed by atoms with Crippen LogP contribution in [0.25, 0.3) is 0 Å². The summed E-state index contributed by atoms with van der Waals surface area (Å²) in [5.41, 5.74) is 3.61. The van der Waals surface area contributed by atoms with Gasteiger partial charge in [-0.2, -0.15) is 5.10 Å². The SMILES string of the molecule is COc1ccc(OC)c(/C=N/NC(=S)NCCN2CCOCC2)c1. The Bertz CT molecular complexity index is 562. The summed E-state index contributed by atoms with van der Waals surface area (Å²) in [6.07, 6.45) is 1.65. The molecule has 0 aromatic heterocycles. The molecule has 24 heavy (non-hydrogen) atoms. The van der Waals surface area contributed by atoms with Crippen LogP contribution in [0.2, 0.25) is 0 Å². The number of nitrogens with zero attached hydrogens (tertiary/aromatic N) is 2. The molecule has 2 N–H and O–H groups in total. The highest BCUT2D eigenvalue weighted by atomic mass is 32.1. The zero-order chi connectivity index (χ0) is 17.2. The average molecular weight is 352 g/mol. The lowest BCUT2D eigenvalue weighted by atomic mass is 10.2. The number of hydrazone groups is 1. The maximum Gasteiger partial charge on any atom is 0.187 e. The molecule has 7 nitrogen and oxygen atoms in total. The molecule has 1 heterocycles. The first kappa shape index (κ1) is 18.4. The van der Waals surface area contributed by atoms with E-state index in [4.69, 9.17) is 26.4 Å². The van der Waals surface area contributed by atoms with Crippen molar-refractivity contribution in [2.75, 3.05) is 53.6 Å². The van der Waals surface area contributed by atoms with Crippen LogP contribution in [0.5, 0.6) is 11.5 Å². The third kappa shape index (κ3) is 5.95. The number of thiocarbonyl (C=S) groups is 1. The van der Waals surface area contributed by atoms with Crippen molar-refractivity contribution in [1.82, 2.24) is 15.6 Å². The summed E-state index contributed by atoms with van der Waals surface area (Å²) < 4.78 is 15.8. The van der Waals surface area contributed by atoms with Gasteiger partial charge < -0.3 is 19.5 Å². The van der Waals surface area contributed by atoms with Crippen molar-refractivity contribution in [3.8, 4) is 11.5 Å². The Hall–Kier alpha value is -1.90. The summed E-state index contributed by atoms with van der Waals surface area (Å²) in [6, 6.07) is 5.51. The van der Waals surface area contributed by atoms with Gasteiger partial charge in [-0.05, 0) is 30.4 Å². The summed E-state index contributed by atoms with van der Waals surface area (Å²) in [5, 5.41) is 7.77. The number of morpholine rings is 1. The Kier molecular flexibility index (Phi) is 7.73. The highest BCUT2D eigenvalue weighted by molar-refractivity contribution is 7.80. The van der Waals surface area contributed by atoms with Crippen molar-refractivity contribution < 1.29 is 14.2 Å². The molecule has 0 atom stereocenters. The summed E-state index contributed by atoms with van der Waals surface area (Å²) in [4.78, 5) is 2.34. The van der Waals surface area contributed by atoms with Crippen molar-refractivity contribution in [2.24, 2.45) is 5.10 Å². The minimum atomic E-state index is 0.487. The first-order chi connectivity index (χ1) is 11.7. The Morgan fingerprint density at radius 1 is 1.33 bits per heavy atom. The highest BCUT2D eigenvalue weighted by Gasteiger charge is 2.09. The molecule has 1 fully saturated rings. The lowest BCUT2D eigenvalue weighted by Crippen LogP contribution is -2.42. The Morgan fingerprint density at radius 2 is 2.12 bits per heavy atom. The van der Waals surface area contributed by atoms with Crippen LogP contribution >= 0.6 is 12.2 Å². The molecule has 1 saturated heterocycles. The van der Waals surface area contributed by atoms with Crippen LogP contribution in [0.4, 0.5) is 0 Å². The van der Waals surface area contributed by atoms with Gasteiger partial charge in [0.05, 0.1) is 33.6 Å². The summed E-state index contributed by atoms with van der Waals surface area (Å²) in [5.74, 6) is 1.45. The minimum Gasteiger partial charge on any atom is -0.497 e. The van der Waals surface area contributed by atoms with E-state index in [9.17, 15) is 0 Å². The molecule has 0 bridgehead atoms. The molecule has 0 spiro atoms. The van der Waals surface area contributed by atoms with Crippen molar-refractivity contribution in [1.29, 1.82) is 0 Å². The van der Waals surface area contributed by atoms with Gasteiger partial charge in [-0.25, -0.2) is 0 Å². The second kappa shape index (κ2) is 10.1. The summed E-state index contributed by atoms with van der Waals surface area (Å²) in [6.45, 7) is 5.23. The topological polar surface area (TPSA) is 67.4 Å². The third-order valence-electron chi connectivity index (χ3n) is 3.62. The average Bonchev–Trinajstić information content (AvgIpc) is 2.62. The highest BCUT2D eigenvalue weighted by Crippen LogP contribution is 2.22. The molecular formula is C16H24N4O3S. The van der Waals surface area contributed by atoms with E-state index in [-0.39, 0.29) is 0 Å². The zero-order valence-electron chi connectivity index (χ0n) is 14.1. The van der Waals surface area contributed by atoms with E-state index < -0.39 is 0 Å². The van der Waals surface area contributed by atoms with E-state index in [0.29, 0.717) is 10.9 Å². The van der Waals surface area contributed by atoms with Crippen LogP contribution in [0.1, 0.15) is 5.56 Å². The van der Waals surface area contributed by atoms with E-state index in [1.54, 1.807) is 20.4 Å². The predicted molar refractivity (Wildman–Crippen MR) is 98.1 cm³/mol. The molecule has 0 aliphatic carbocycles. The van der Waals surface area contributed by atoms with E-state index in [1.807, 2.05) is 18.2 Å². The molecule has 1 aromatic rings. The molecule has 0 unspecified atom stereocenters. The van der Waals surface area contributed by atoms with Gasteiger partial charge in [0.15, 0.2) is 5.11 Å². The predicted octanol–water partition coefficient (Wildman–Crippen LogP) is 0.834.